The van der Waals surface area contributed by atoms with Crippen molar-refractivity contribution in [3.63, 3.8) is 0 Å². The Hall–Kier alpha value is -2.34. The maximum atomic E-state index is 11.4. The summed E-state index contributed by atoms with van der Waals surface area (Å²) in [7, 11) is -10.8. The van der Waals surface area contributed by atoms with Crippen LogP contribution in [-0.2, 0) is 18.0 Å². The van der Waals surface area contributed by atoms with Gasteiger partial charge in [0.25, 0.3) is 7.82 Å². The quantitative estimate of drug-likeness (QED) is 0.0453. The first kappa shape index (κ1) is 61.7. The largest absolute Gasteiger partial charge is 0.790 e. The zero-order valence-electron chi connectivity index (χ0n) is 42.7. The summed E-state index contributed by atoms with van der Waals surface area (Å²) in [6, 6.07) is 0. The van der Waals surface area contributed by atoms with Gasteiger partial charge in [0.05, 0.1) is 14.4 Å². The highest BCUT2D eigenvalue weighted by Gasteiger charge is 2.12. The average molecular weight is 926 g/mol. The first-order chi connectivity index (χ1) is 30.1. The van der Waals surface area contributed by atoms with Gasteiger partial charge in [0.2, 0.25) is 0 Å². The van der Waals surface area contributed by atoms with Crippen molar-refractivity contribution in [2.45, 2.75) is 218 Å². The molecular weight excluding hydrogens is 835 g/mol. The SMILES string of the molecule is CC(C)=CCC/C(C)=C/CC/C(C)=C/CC/C(C)=C\CC/C(C)=C\CC/C(C)=C\CC/C(C)=C\CC/C(C)=C\CC/C(C)=C\CC/C(C)=C\CCC(C)CCOP(=O)([O-])OP(=O)([O-])[O-]. The van der Waals surface area contributed by atoms with Crippen LogP contribution in [-0.4, -0.2) is 6.61 Å². The van der Waals surface area contributed by atoms with Crippen molar-refractivity contribution < 1.29 is 32.6 Å². The minimum absolute atomic E-state index is 0.163. The molecule has 0 aliphatic carbocycles. The molecule has 7 nitrogen and oxygen atoms in total. The van der Waals surface area contributed by atoms with E-state index >= 15 is 0 Å². The van der Waals surface area contributed by atoms with Crippen molar-refractivity contribution in [2.24, 2.45) is 5.92 Å². The lowest BCUT2D eigenvalue weighted by Crippen LogP contribution is -2.19. The number of hydrogen-bond donors (Lipinski definition) is 0. The van der Waals surface area contributed by atoms with Crippen molar-refractivity contribution in [3.8, 4) is 0 Å². The molecule has 0 spiro atoms. The van der Waals surface area contributed by atoms with Gasteiger partial charge >= 0.3 is 0 Å². The summed E-state index contributed by atoms with van der Waals surface area (Å²) in [5.74, 6) is 0.163. The van der Waals surface area contributed by atoms with Gasteiger partial charge in [0.15, 0.2) is 0 Å². The molecule has 0 N–H and O–H groups in total. The molecule has 0 aromatic heterocycles. The van der Waals surface area contributed by atoms with Gasteiger partial charge in [-0.3, -0.25) is 8.88 Å². The number of phosphoric acid groups is 2. The smallest absolute Gasteiger partial charge is 0.271 e. The molecule has 2 atom stereocenters. The molecule has 0 bridgehead atoms. The fourth-order valence-electron chi connectivity index (χ4n) is 7.15. The third-order valence-electron chi connectivity index (χ3n) is 11.6. The van der Waals surface area contributed by atoms with E-state index in [1.54, 1.807) is 0 Å². The van der Waals surface area contributed by atoms with Crippen LogP contribution in [0, 0.1) is 5.92 Å². The van der Waals surface area contributed by atoms with Gasteiger partial charge in [-0.05, 0) is 217 Å². The Morgan fingerprint density at radius 3 is 0.859 bits per heavy atom. The van der Waals surface area contributed by atoms with Crippen LogP contribution in [0.15, 0.2) is 116 Å². The lowest BCUT2D eigenvalue weighted by atomic mass is 10.0. The molecule has 0 saturated heterocycles. The molecule has 366 valence electrons. The number of rotatable bonds is 36. The lowest BCUT2D eigenvalue weighted by molar-refractivity contribution is -0.339. The van der Waals surface area contributed by atoms with Gasteiger partial charge in [-0.1, -0.05) is 123 Å². The van der Waals surface area contributed by atoms with E-state index in [-0.39, 0.29) is 12.5 Å². The minimum atomic E-state index is -5.65. The molecule has 0 aromatic carbocycles. The molecule has 0 heterocycles. The molecule has 0 amide bonds. The molecule has 0 aliphatic heterocycles. The van der Waals surface area contributed by atoms with E-state index in [0.29, 0.717) is 6.42 Å². The summed E-state index contributed by atoms with van der Waals surface area (Å²) in [5.41, 5.74) is 14.6. The molecule has 64 heavy (non-hydrogen) atoms. The maximum absolute atomic E-state index is 11.4. The Morgan fingerprint density at radius 1 is 0.391 bits per heavy atom. The Balaban J connectivity index is 4.28. The van der Waals surface area contributed by atoms with Crippen LogP contribution in [0.1, 0.15) is 218 Å². The summed E-state index contributed by atoms with van der Waals surface area (Å²) >= 11 is 0. The first-order valence-electron chi connectivity index (χ1n) is 24.3. The zero-order chi connectivity index (χ0) is 48.4. The second-order valence-corrected chi connectivity index (χ2v) is 21.6. The lowest BCUT2D eigenvalue weighted by Gasteiger charge is -2.35. The van der Waals surface area contributed by atoms with Crippen LogP contribution in [0.2, 0.25) is 0 Å². The third kappa shape index (κ3) is 41.1. The van der Waals surface area contributed by atoms with Crippen LogP contribution in [0.4, 0.5) is 0 Å². The molecule has 9 heteroatoms. The molecule has 0 radical (unpaired) electrons. The molecule has 0 saturated carbocycles. The van der Waals surface area contributed by atoms with Crippen molar-refractivity contribution in [2.75, 3.05) is 6.61 Å². The van der Waals surface area contributed by atoms with Crippen LogP contribution in [0.3, 0.4) is 0 Å². The molecule has 0 rings (SSSR count). The van der Waals surface area contributed by atoms with Crippen LogP contribution in [0.5, 0.6) is 0 Å². The average Bonchev–Trinajstić information content (AvgIpc) is 3.16. The fourth-order valence-corrected chi connectivity index (χ4v) is 8.64. The fraction of sp³-hybridized carbons (Fsp3) is 0.636. The second kappa shape index (κ2) is 36.7. The summed E-state index contributed by atoms with van der Waals surface area (Å²) in [4.78, 5) is 32.3. The monoisotopic (exact) mass is 926 g/mol. The number of allylic oxidation sites excluding steroid dienone is 20. The van der Waals surface area contributed by atoms with Gasteiger partial charge in [-0.15, -0.1) is 0 Å². The molecule has 0 aromatic rings. The Kier molecular flexibility index (Phi) is 35.4. The van der Waals surface area contributed by atoms with Gasteiger partial charge < -0.3 is 23.8 Å². The van der Waals surface area contributed by atoms with Crippen LogP contribution in [0.25, 0.3) is 0 Å². The van der Waals surface area contributed by atoms with Crippen molar-refractivity contribution in [1.82, 2.24) is 0 Å². The summed E-state index contributed by atoms with van der Waals surface area (Å²) < 4.78 is 29.8. The number of phosphoric ester groups is 1. The highest BCUT2D eigenvalue weighted by molar-refractivity contribution is 7.58. The van der Waals surface area contributed by atoms with Crippen LogP contribution < -0.4 is 14.7 Å². The van der Waals surface area contributed by atoms with Gasteiger partial charge in [-0.25, -0.2) is 0 Å². The van der Waals surface area contributed by atoms with Crippen molar-refractivity contribution >= 4 is 15.6 Å². The minimum Gasteiger partial charge on any atom is -0.790 e. The zero-order valence-corrected chi connectivity index (χ0v) is 44.4. The van der Waals surface area contributed by atoms with Crippen LogP contribution >= 0.6 is 15.6 Å². The predicted molar refractivity (Wildman–Crippen MR) is 272 cm³/mol. The van der Waals surface area contributed by atoms with E-state index in [4.69, 9.17) is 0 Å². The Bertz CT molecular complexity index is 1740. The Morgan fingerprint density at radius 2 is 0.625 bits per heavy atom. The van der Waals surface area contributed by atoms with E-state index in [0.717, 1.165) is 116 Å². The summed E-state index contributed by atoms with van der Waals surface area (Å²) in [5, 5.41) is 0. The highest BCUT2D eigenvalue weighted by atomic mass is 31.3. The van der Waals surface area contributed by atoms with Crippen molar-refractivity contribution in [1.29, 1.82) is 0 Å². The third-order valence-corrected chi connectivity index (χ3v) is 13.7. The van der Waals surface area contributed by atoms with E-state index in [1.165, 1.54) is 68.6 Å². The standard InChI is InChI=1S/C55H94O7P2/c1-45(2)23-13-24-46(3)25-14-26-47(4)27-15-28-48(5)29-16-30-49(6)31-17-32-50(7)33-18-34-51(8)35-19-36-52(9)37-20-38-53(10)39-21-40-54(11)41-22-42-55(12)43-44-61-64(59,60)62-63(56,57)58/h23,25,27,29,31,33,35,37,39,41,55H,13-22,24,26,28,30,32,34,36,38,40,42-44H2,1-12H3,(H,59,60)(H2,56,57,58)/p-3/b46-25+,47-27+,48-29-,49-31-,50-33-,51-35-,52-37-,53-39-,54-41-. The number of hydrogen-bond acceptors (Lipinski definition) is 7. The van der Waals surface area contributed by atoms with Gasteiger partial charge in [0.1, 0.15) is 0 Å². The van der Waals surface area contributed by atoms with Gasteiger partial charge in [0, 0.05) is 0 Å². The highest BCUT2D eigenvalue weighted by Crippen LogP contribution is 2.50. The molecular formula is C55H91O7P2-3. The van der Waals surface area contributed by atoms with E-state index in [9.17, 15) is 23.8 Å². The van der Waals surface area contributed by atoms with E-state index < -0.39 is 15.6 Å². The normalized spacial score (nSPS) is 16.1. The topological polar surface area (TPSA) is 122 Å². The van der Waals surface area contributed by atoms with Crippen molar-refractivity contribution in [3.05, 3.63) is 116 Å². The second-order valence-electron chi connectivity index (χ2n) is 18.9. The van der Waals surface area contributed by atoms with Gasteiger partial charge in [-0.2, -0.15) is 0 Å². The molecule has 2 unspecified atom stereocenters. The molecule has 0 fully saturated rings. The Labute approximate surface area is 393 Å². The first-order valence-corrected chi connectivity index (χ1v) is 27.2. The summed E-state index contributed by atoms with van der Waals surface area (Å²) in [6.07, 6.45) is 46.1. The van der Waals surface area contributed by atoms with E-state index in [2.05, 4.69) is 146 Å². The predicted octanol–water partition coefficient (Wildman–Crippen LogP) is 16.6. The molecule has 0 aliphatic rings. The van der Waals surface area contributed by atoms with E-state index in [1.807, 2.05) is 6.92 Å². The maximum Gasteiger partial charge on any atom is 0.271 e. The summed E-state index contributed by atoms with van der Waals surface area (Å²) in [6.45, 7) is 26.4.